The van der Waals surface area contributed by atoms with E-state index in [4.69, 9.17) is 4.74 Å². The second-order valence-electron chi connectivity index (χ2n) is 7.77. The van der Waals surface area contributed by atoms with E-state index in [0.717, 1.165) is 16.8 Å². The van der Waals surface area contributed by atoms with E-state index in [2.05, 4.69) is 34.0 Å². The molecule has 0 bridgehead atoms. The fourth-order valence-corrected chi connectivity index (χ4v) is 3.06. The highest BCUT2D eigenvalue weighted by atomic mass is 16.5. The lowest BCUT2D eigenvalue weighted by molar-refractivity contribution is 0.269. The Morgan fingerprint density at radius 1 is 1.10 bits per heavy atom. The number of nitrogens with zero attached hydrogens (tertiary/aromatic N) is 6. The normalized spacial score (nSPS) is 11.1. The first-order valence-corrected chi connectivity index (χ1v) is 10.1. The molecule has 0 saturated carbocycles. The van der Waals surface area contributed by atoms with E-state index in [1.165, 1.54) is 6.07 Å². The third-order valence-corrected chi connectivity index (χ3v) is 4.60. The summed E-state index contributed by atoms with van der Waals surface area (Å²) in [6.07, 6.45) is 8.96. The van der Waals surface area contributed by atoms with E-state index in [1.54, 1.807) is 34.2 Å². The molecular weight excluding hydrogens is 392 g/mol. The largest absolute Gasteiger partial charge is 0.490 e. The Morgan fingerprint density at radius 3 is 2.61 bits per heavy atom. The molecule has 3 aromatic heterocycles. The van der Waals surface area contributed by atoms with Gasteiger partial charge in [0, 0.05) is 31.3 Å². The van der Waals surface area contributed by atoms with Gasteiger partial charge in [0.05, 0.1) is 31.4 Å². The summed E-state index contributed by atoms with van der Waals surface area (Å²) in [6.45, 7) is 4.81. The first-order valence-electron chi connectivity index (χ1n) is 10.1. The van der Waals surface area contributed by atoms with Crippen LogP contribution in [0, 0.1) is 5.92 Å². The van der Waals surface area contributed by atoms with Gasteiger partial charge < -0.3 is 4.74 Å². The molecule has 3 heterocycles. The molecule has 8 nitrogen and oxygen atoms in total. The highest BCUT2D eigenvalue weighted by Crippen LogP contribution is 2.19. The summed E-state index contributed by atoms with van der Waals surface area (Å²) in [5.74, 6) is 1.69. The number of ether oxygens (including phenoxy) is 1. The highest BCUT2D eigenvalue weighted by Gasteiger charge is 2.09. The highest BCUT2D eigenvalue weighted by molar-refractivity contribution is 5.56. The lowest BCUT2D eigenvalue weighted by Gasteiger charge is -2.09. The van der Waals surface area contributed by atoms with Gasteiger partial charge in [0.25, 0.3) is 0 Å². The van der Waals surface area contributed by atoms with Crippen LogP contribution in [0.5, 0.6) is 5.75 Å². The minimum absolute atomic E-state index is 0.103. The summed E-state index contributed by atoms with van der Waals surface area (Å²) in [5, 5.41) is 8.66. The molecule has 0 aliphatic heterocycles. The first kappa shape index (κ1) is 20.5. The van der Waals surface area contributed by atoms with Crippen LogP contribution in [0.3, 0.4) is 0 Å². The van der Waals surface area contributed by atoms with Crippen LogP contribution in [0.25, 0.3) is 17.1 Å². The molecule has 31 heavy (non-hydrogen) atoms. The molecule has 0 spiro atoms. The number of rotatable bonds is 7. The number of hydrogen-bond acceptors (Lipinski definition) is 6. The van der Waals surface area contributed by atoms with Crippen molar-refractivity contribution in [3.63, 3.8) is 0 Å². The third-order valence-electron chi connectivity index (χ3n) is 4.60. The third kappa shape index (κ3) is 5.03. The SMILES string of the molecule is CC(C)COc1cnc(-c2cccc(Cc3nn(-c4cnn(C)c4)ccc3=O)c2)nc1. The molecule has 0 aliphatic carbocycles. The van der Waals surface area contributed by atoms with Gasteiger partial charge in [0.15, 0.2) is 11.6 Å². The van der Waals surface area contributed by atoms with E-state index in [-0.39, 0.29) is 5.43 Å². The maximum Gasteiger partial charge on any atom is 0.203 e. The molecule has 0 unspecified atom stereocenters. The molecular formula is C23H24N6O2. The molecule has 0 radical (unpaired) electrons. The number of hydrogen-bond donors (Lipinski definition) is 0. The van der Waals surface area contributed by atoms with Gasteiger partial charge in [0.2, 0.25) is 5.43 Å². The van der Waals surface area contributed by atoms with Crippen molar-refractivity contribution < 1.29 is 4.74 Å². The van der Waals surface area contributed by atoms with E-state index in [1.807, 2.05) is 37.5 Å². The molecule has 0 N–H and O–H groups in total. The number of aromatic nitrogens is 6. The van der Waals surface area contributed by atoms with Crippen molar-refractivity contribution in [1.29, 1.82) is 0 Å². The second kappa shape index (κ2) is 8.91. The average molecular weight is 416 g/mol. The monoisotopic (exact) mass is 416 g/mol. The van der Waals surface area contributed by atoms with Crippen molar-refractivity contribution >= 4 is 0 Å². The predicted octanol–water partition coefficient (Wildman–Crippen LogP) is 3.05. The summed E-state index contributed by atoms with van der Waals surface area (Å²) >= 11 is 0. The van der Waals surface area contributed by atoms with Crippen molar-refractivity contribution in [3.05, 3.63) is 82.8 Å². The Balaban J connectivity index is 1.55. The van der Waals surface area contributed by atoms with Crippen molar-refractivity contribution in [2.24, 2.45) is 13.0 Å². The van der Waals surface area contributed by atoms with E-state index < -0.39 is 0 Å². The van der Waals surface area contributed by atoms with E-state index in [9.17, 15) is 4.79 Å². The second-order valence-corrected chi connectivity index (χ2v) is 7.77. The fraction of sp³-hybridized carbons (Fsp3) is 0.261. The summed E-state index contributed by atoms with van der Waals surface area (Å²) in [5.41, 5.74) is 2.98. The Bertz CT molecular complexity index is 1230. The smallest absolute Gasteiger partial charge is 0.203 e. The number of benzene rings is 1. The van der Waals surface area contributed by atoms with Gasteiger partial charge in [-0.3, -0.25) is 9.48 Å². The molecule has 4 rings (SSSR count). The Morgan fingerprint density at radius 2 is 1.90 bits per heavy atom. The lowest BCUT2D eigenvalue weighted by atomic mass is 10.1. The van der Waals surface area contributed by atoms with Gasteiger partial charge in [-0.1, -0.05) is 32.0 Å². The van der Waals surface area contributed by atoms with Crippen molar-refractivity contribution in [2.75, 3.05) is 6.61 Å². The van der Waals surface area contributed by atoms with Gasteiger partial charge in [-0.15, -0.1) is 0 Å². The molecule has 158 valence electrons. The van der Waals surface area contributed by atoms with Crippen LogP contribution in [0.4, 0.5) is 0 Å². The molecule has 0 atom stereocenters. The molecule has 1 aromatic carbocycles. The summed E-state index contributed by atoms with van der Waals surface area (Å²) in [6, 6.07) is 9.34. The maximum atomic E-state index is 12.4. The molecule has 0 amide bonds. The van der Waals surface area contributed by atoms with Crippen LogP contribution >= 0.6 is 0 Å². The number of aryl methyl sites for hydroxylation is 1. The van der Waals surface area contributed by atoms with E-state index in [0.29, 0.717) is 36.2 Å². The van der Waals surface area contributed by atoms with Crippen LogP contribution < -0.4 is 10.2 Å². The minimum Gasteiger partial charge on any atom is -0.490 e. The Labute approximate surface area is 180 Å². The predicted molar refractivity (Wildman–Crippen MR) is 117 cm³/mol. The molecule has 0 fully saturated rings. The zero-order valence-corrected chi connectivity index (χ0v) is 17.8. The van der Waals surface area contributed by atoms with Gasteiger partial charge in [-0.2, -0.15) is 10.2 Å². The quantitative estimate of drug-likeness (QED) is 0.460. The van der Waals surface area contributed by atoms with Crippen molar-refractivity contribution in [3.8, 4) is 22.8 Å². The molecule has 0 aliphatic rings. The molecule has 0 saturated heterocycles. The average Bonchev–Trinajstić information content (AvgIpc) is 3.21. The summed E-state index contributed by atoms with van der Waals surface area (Å²) in [7, 11) is 1.84. The van der Waals surface area contributed by atoms with Gasteiger partial charge in [0.1, 0.15) is 11.4 Å². The Kier molecular flexibility index (Phi) is 5.88. The Hall–Kier alpha value is -3.81. The summed E-state index contributed by atoms with van der Waals surface area (Å²) in [4.78, 5) is 21.2. The van der Waals surface area contributed by atoms with Crippen LogP contribution in [0.2, 0.25) is 0 Å². The van der Waals surface area contributed by atoms with Gasteiger partial charge >= 0.3 is 0 Å². The van der Waals surface area contributed by atoms with E-state index >= 15 is 0 Å². The molecule has 4 aromatic rings. The standard InChI is InChI=1S/C23H24N6O2/c1-16(2)15-31-20-12-24-23(25-13-20)18-6-4-5-17(9-18)10-21-22(30)7-8-29(27-21)19-11-26-28(3)14-19/h4-9,11-14,16H,10,15H2,1-3H3. The van der Waals surface area contributed by atoms with Crippen molar-refractivity contribution in [2.45, 2.75) is 20.3 Å². The van der Waals surface area contributed by atoms with Crippen LogP contribution in [-0.2, 0) is 13.5 Å². The van der Waals surface area contributed by atoms with Crippen LogP contribution in [-0.4, -0.2) is 36.1 Å². The van der Waals surface area contributed by atoms with Gasteiger partial charge in [-0.05, 0) is 17.5 Å². The lowest BCUT2D eigenvalue weighted by Crippen LogP contribution is -2.16. The fourth-order valence-electron chi connectivity index (χ4n) is 3.06. The van der Waals surface area contributed by atoms with Gasteiger partial charge in [-0.25, -0.2) is 14.6 Å². The summed E-state index contributed by atoms with van der Waals surface area (Å²) < 4.78 is 9.00. The van der Waals surface area contributed by atoms with Crippen molar-refractivity contribution in [1.82, 2.24) is 29.5 Å². The maximum absolute atomic E-state index is 12.4. The van der Waals surface area contributed by atoms with Crippen LogP contribution in [0.1, 0.15) is 25.1 Å². The topological polar surface area (TPSA) is 87.7 Å². The van der Waals surface area contributed by atoms with Crippen LogP contribution in [0.15, 0.2) is 66.1 Å². The zero-order chi connectivity index (χ0) is 21.8. The first-order chi connectivity index (χ1) is 15.0. The zero-order valence-electron chi connectivity index (χ0n) is 17.8. The minimum atomic E-state index is -0.103. The molecule has 8 heteroatoms.